The van der Waals surface area contributed by atoms with E-state index in [1.54, 1.807) is 0 Å². The van der Waals surface area contributed by atoms with Gasteiger partial charge in [0.15, 0.2) is 5.78 Å². The molecule has 0 saturated heterocycles. The fourth-order valence-corrected chi connectivity index (χ4v) is 1.49. The van der Waals surface area contributed by atoms with E-state index in [-0.39, 0.29) is 5.78 Å². The van der Waals surface area contributed by atoms with Crippen LogP contribution in [0, 0.1) is 6.92 Å². The molecule has 0 heterocycles. The lowest BCUT2D eigenvalue weighted by atomic mass is 10.0. The van der Waals surface area contributed by atoms with Gasteiger partial charge in [-0.25, -0.2) is 0 Å². The van der Waals surface area contributed by atoms with Crippen molar-refractivity contribution < 1.29 is 4.79 Å². The van der Waals surface area contributed by atoms with E-state index in [9.17, 15) is 4.79 Å². The fourth-order valence-electron chi connectivity index (χ4n) is 1.49. The van der Waals surface area contributed by atoms with Gasteiger partial charge in [-0.2, -0.15) is 0 Å². The molecule has 2 N–H and O–H groups in total. The molecule has 0 saturated carbocycles. The van der Waals surface area contributed by atoms with Gasteiger partial charge < -0.3 is 5.73 Å². The maximum absolute atomic E-state index is 11.7. The molecule has 0 aliphatic carbocycles. The molecule has 0 spiro atoms. The van der Waals surface area contributed by atoms with Gasteiger partial charge in [0.05, 0.1) is 0 Å². The van der Waals surface area contributed by atoms with Crippen molar-refractivity contribution in [3.8, 4) is 0 Å². The summed E-state index contributed by atoms with van der Waals surface area (Å²) >= 11 is 0. The molecule has 0 bridgehead atoms. The molecular formula is C13H19NO. The molecule has 15 heavy (non-hydrogen) atoms. The molecule has 82 valence electrons. The number of aryl methyl sites for hydroxylation is 1. The summed E-state index contributed by atoms with van der Waals surface area (Å²) in [6.07, 6.45) is 3.66. The largest absolute Gasteiger partial charge is 0.330 e. The number of rotatable bonds is 6. The zero-order valence-corrected chi connectivity index (χ0v) is 9.33. The Morgan fingerprint density at radius 2 is 1.80 bits per heavy atom. The van der Waals surface area contributed by atoms with Gasteiger partial charge in [0, 0.05) is 12.0 Å². The quantitative estimate of drug-likeness (QED) is 0.573. The fraction of sp³-hybridized carbons (Fsp3) is 0.462. The SMILES string of the molecule is Cc1ccc(C(=O)CCCCCN)cc1. The van der Waals surface area contributed by atoms with Crippen molar-refractivity contribution in [2.75, 3.05) is 6.54 Å². The average molecular weight is 205 g/mol. The van der Waals surface area contributed by atoms with Gasteiger partial charge in [-0.05, 0) is 26.3 Å². The summed E-state index contributed by atoms with van der Waals surface area (Å²) in [7, 11) is 0. The number of nitrogens with two attached hydrogens (primary N) is 1. The van der Waals surface area contributed by atoms with Crippen LogP contribution in [-0.2, 0) is 0 Å². The van der Waals surface area contributed by atoms with Gasteiger partial charge >= 0.3 is 0 Å². The summed E-state index contributed by atoms with van der Waals surface area (Å²) < 4.78 is 0. The van der Waals surface area contributed by atoms with Crippen molar-refractivity contribution in [2.45, 2.75) is 32.6 Å². The smallest absolute Gasteiger partial charge is 0.162 e. The Morgan fingerprint density at radius 3 is 2.40 bits per heavy atom. The number of hydrogen-bond acceptors (Lipinski definition) is 2. The van der Waals surface area contributed by atoms with Crippen molar-refractivity contribution in [3.05, 3.63) is 35.4 Å². The Hall–Kier alpha value is -1.15. The number of ketones is 1. The van der Waals surface area contributed by atoms with E-state index < -0.39 is 0 Å². The molecule has 0 aromatic heterocycles. The van der Waals surface area contributed by atoms with E-state index in [0.717, 1.165) is 31.4 Å². The van der Waals surface area contributed by atoms with Gasteiger partial charge in [-0.15, -0.1) is 0 Å². The maximum Gasteiger partial charge on any atom is 0.162 e. The molecule has 0 radical (unpaired) electrons. The van der Waals surface area contributed by atoms with Crippen molar-refractivity contribution >= 4 is 5.78 Å². The first-order valence-electron chi connectivity index (χ1n) is 5.54. The molecule has 0 aliphatic rings. The van der Waals surface area contributed by atoms with E-state index in [0.29, 0.717) is 6.42 Å². The normalized spacial score (nSPS) is 10.3. The molecule has 0 amide bonds. The Kier molecular flexibility index (Phi) is 5.05. The summed E-state index contributed by atoms with van der Waals surface area (Å²) in [4.78, 5) is 11.7. The first-order valence-corrected chi connectivity index (χ1v) is 5.54. The third-order valence-electron chi connectivity index (χ3n) is 2.48. The highest BCUT2D eigenvalue weighted by Crippen LogP contribution is 2.09. The summed E-state index contributed by atoms with van der Waals surface area (Å²) in [5.74, 6) is 0.243. The number of Topliss-reactive ketones (excluding diaryl/α,β-unsaturated/α-hetero) is 1. The predicted molar refractivity (Wildman–Crippen MR) is 63.0 cm³/mol. The zero-order chi connectivity index (χ0) is 11.1. The second kappa shape index (κ2) is 6.36. The highest BCUT2D eigenvalue weighted by atomic mass is 16.1. The topological polar surface area (TPSA) is 43.1 Å². The Labute approximate surface area is 91.5 Å². The molecule has 2 heteroatoms. The molecule has 0 atom stereocenters. The van der Waals surface area contributed by atoms with E-state index in [2.05, 4.69) is 0 Å². The number of carbonyl (C=O) groups is 1. The Balaban J connectivity index is 2.37. The Bertz CT molecular complexity index is 303. The van der Waals surface area contributed by atoms with Crippen LogP contribution in [0.25, 0.3) is 0 Å². The van der Waals surface area contributed by atoms with E-state index >= 15 is 0 Å². The Morgan fingerprint density at radius 1 is 1.13 bits per heavy atom. The molecule has 1 aromatic rings. The second-order valence-electron chi connectivity index (χ2n) is 3.89. The van der Waals surface area contributed by atoms with Crippen LogP contribution in [0.1, 0.15) is 41.6 Å². The van der Waals surface area contributed by atoms with Crippen LogP contribution in [0.15, 0.2) is 24.3 Å². The number of benzene rings is 1. The van der Waals surface area contributed by atoms with Gasteiger partial charge in [0.2, 0.25) is 0 Å². The minimum Gasteiger partial charge on any atom is -0.330 e. The lowest BCUT2D eigenvalue weighted by Crippen LogP contribution is -2.01. The minimum atomic E-state index is 0.243. The maximum atomic E-state index is 11.7. The molecule has 2 nitrogen and oxygen atoms in total. The molecular weight excluding hydrogens is 186 g/mol. The number of hydrogen-bond donors (Lipinski definition) is 1. The van der Waals surface area contributed by atoms with Crippen LogP contribution in [0.3, 0.4) is 0 Å². The molecule has 0 aliphatic heterocycles. The van der Waals surface area contributed by atoms with Crippen LogP contribution >= 0.6 is 0 Å². The van der Waals surface area contributed by atoms with Crippen molar-refractivity contribution in [1.29, 1.82) is 0 Å². The van der Waals surface area contributed by atoms with E-state index in [1.165, 1.54) is 5.56 Å². The summed E-state index contributed by atoms with van der Waals surface area (Å²) in [5.41, 5.74) is 7.40. The molecule has 1 rings (SSSR count). The van der Waals surface area contributed by atoms with Crippen LogP contribution in [-0.4, -0.2) is 12.3 Å². The highest BCUT2D eigenvalue weighted by molar-refractivity contribution is 5.96. The van der Waals surface area contributed by atoms with Gasteiger partial charge in [0.1, 0.15) is 0 Å². The number of unbranched alkanes of at least 4 members (excludes halogenated alkanes) is 2. The number of carbonyl (C=O) groups excluding carboxylic acids is 1. The van der Waals surface area contributed by atoms with Crippen LogP contribution in [0.4, 0.5) is 0 Å². The van der Waals surface area contributed by atoms with E-state index in [4.69, 9.17) is 5.73 Å². The van der Waals surface area contributed by atoms with Crippen molar-refractivity contribution in [3.63, 3.8) is 0 Å². The molecule has 0 unspecified atom stereocenters. The summed E-state index contributed by atoms with van der Waals surface area (Å²) in [6, 6.07) is 7.77. The van der Waals surface area contributed by atoms with Crippen LogP contribution in [0.2, 0.25) is 0 Å². The first-order chi connectivity index (χ1) is 7.24. The van der Waals surface area contributed by atoms with Gasteiger partial charge in [-0.3, -0.25) is 4.79 Å². The third kappa shape index (κ3) is 4.26. The van der Waals surface area contributed by atoms with Gasteiger partial charge in [0.25, 0.3) is 0 Å². The standard InChI is InChI=1S/C13H19NO/c1-11-6-8-12(9-7-11)13(15)5-3-2-4-10-14/h6-9H,2-5,10,14H2,1H3. The highest BCUT2D eigenvalue weighted by Gasteiger charge is 2.04. The third-order valence-corrected chi connectivity index (χ3v) is 2.48. The minimum absolute atomic E-state index is 0.243. The first kappa shape index (κ1) is 11.9. The lowest BCUT2D eigenvalue weighted by molar-refractivity contribution is 0.0979. The second-order valence-corrected chi connectivity index (χ2v) is 3.89. The van der Waals surface area contributed by atoms with Crippen LogP contribution in [0.5, 0.6) is 0 Å². The summed E-state index contributed by atoms with van der Waals surface area (Å²) in [6.45, 7) is 2.74. The average Bonchev–Trinajstić information content (AvgIpc) is 2.25. The van der Waals surface area contributed by atoms with Crippen LogP contribution < -0.4 is 5.73 Å². The zero-order valence-electron chi connectivity index (χ0n) is 9.33. The molecule has 1 aromatic carbocycles. The predicted octanol–water partition coefficient (Wildman–Crippen LogP) is 2.70. The lowest BCUT2D eigenvalue weighted by Gasteiger charge is -2.01. The van der Waals surface area contributed by atoms with E-state index in [1.807, 2.05) is 31.2 Å². The summed E-state index contributed by atoms with van der Waals surface area (Å²) in [5, 5.41) is 0. The van der Waals surface area contributed by atoms with Crippen molar-refractivity contribution in [1.82, 2.24) is 0 Å². The monoisotopic (exact) mass is 205 g/mol. The molecule has 0 fully saturated rings. The van der Waals surface area contributed by atoms with Gasteiger partial charge in [-0.1, -0.05) is 36.2 Å². The van der Waals surface area contributed by atoms with Crippen molar-refractivity contribution in [2.24, 2.45) is 5.73 Å².